The van der Waals surface area contributed by atoms with Gasteiger partial charge in [-0.15, -0.1) is 0 Å². The lowest BCUT2D eigenvalue weighted by Crippen LogP contribution is -2.35. The van der Waals surface area contributed by atoms with Gasteiger partial charge in [-0.2, -0.15) is 0 Å². The lowest BCUT2D eigenvalue weighted by atomic mass is 10.4. The summed E-state index contributed by atoms with van der Waals surface area (Å²) in [5, 5.41) is 7.89. The molecule has 2 amide bonds. The van der Waals surface area contributed by atoms with E-state index < -0.39 is 5.91 Å². The maximum Gasteiger partial charge on any atom is 0.272 e. The Balaban J connectivity index is 2.59. The number of rotatable bonds is 6. The van der Waals surface area contributed by atoms with E-state index >= 15 is 0 Å². The number of amides is 2. The third-order valence-electron chi connectivity index (χ3n) is 2.11. The van der Waals surface area contributed by atoms with Gasteiger partial charge in [0.2, 0.25) is 5.91 Å². The first-order chi connectivity index (χ1) is 8.67. The van der Waals surface area contributed by atoms with Crippen LogP contribution in [0.25, 0.3) is 0 Å². The van der Waals surface area contributed by atoms with Gasteiger partial charge in [-0.25, -0.2) is 4.98 Å². The molecule has 0 aromatic carbocycles. The fourth-order valence-electron chi connectivity index (χ4n) is 1.15. The maximum absolute atomic E-state index is 11.7. The van der Waals surface area contributed by atoms with E-state index in [4.69, 9.17) is 0 Å². The van der Waals surface area contributed by atoms with E-state index in [0.29, 0.717) is 5.82 Å². The molecule has 1 aromatic heterocycles. The minimum atomic E-state index is -0.425. The number of hydrogen-bond acceptors (Lipinski definition) is 5. The Kier molecular flexibility index (Phi) is 5.56. The SMILES string of the molecule is CCCNc1cncc(C(=O)NCC(=O)NC)n1. The van der Waals surface area contributed by atoms with E-state index in [2.05, 4.69) is 25.9 Å². The summed E-state index contributed by atoms with van der Waals surface area (Å²) < 4.78 is 0. The van der Waals surface area contributed by atoms with E-state index in [9.17, 15) is 9.59 Å². The molecular formula is C11H17N5O2. The number of nitrogens with one attached hydrogen (secondary N) is 3. The van der Waals surface area contributed by atoms with Crippen LogP contribution < -0.4 is 16.0 Å². The van der Waals surface area contributed by atoms with Crippen LogP contribution in [0.4, 0.5) is 5.82 Å². The Morgan fingerprint density at radius 3 is 2.78 bits per heavy atom. The summed E-state index contributed by atoms with van der Waals surface area (Å²) >= 11 is 0. The van der Waals surface area contributed by atoms with Gasteiger partial charge in [-0.3, -0.25) is 14.6 Å². The molecule has 18 heavy (non-hydrogen) atoms. The van der Waals surface area contributed by atoms with Crippen LogP contribution in [-0.2, 0) is 4.79 Å². The highest BCUT2D eigenvalue weighted by atomic mass is 16.2. The molecule has 0 aliphatic heterocycles. The molecule has 1 aromatic rings. The van der Waals surface area contributed by atoms with Crippen molar-refractivity contribution in [3.8, 4) is 0 Å². The first kappa shape index (κ1) is 13.9. The van der Waals surface area contributed by atoms with Crippen molar-refractivity contribution in [1.82, 2.24) is 20.6 Å². The highest BCUT2D eigenvalue weighted by Gasteiger charge is 2.09. The van der Waals surface area contributed by atoms with Crippen LogP contribution in [0.1, 0.15) is 23.8 Å². The Bertz CT molecular complexity index is 422. The average Bonchev–Trinajstić information content (AvgIpc) is 2.42. The van der Waals surface area contributed by atoms with Crippen LogP contribution in [0.2, 0.25) is 0 Å². The monoisotopic (exact) mass is 251 g/mol. The first-order valence-electron chi connectivity index (χ1n) is 5.72. The maximum atomic E-state index is 11.7. The van der Waals surface area contributed by atoms with Crippen LogP contribution in [0, 0.1) is 0 Å². The molecule has 0 unspecified atom stereocenters. The van der Waals surface area contributed by atoms with Gasteiger partial charge >= 0.3 is 0 Å². The van der Waals surface area contributed by atoms with E-state index in [1.54, 1.807) is 6.20 Å². The second-order valence-electron chi connectivity index (χ2n) is 3.57. The molecule has 0 saturated heterocycles. The zero-order chi connectivity index (χ0) is 13.4. The molecular weight excluding hydrogens is 234 g/mol. The number of aromatic nitrogens is 2. The molecule has 0 aliphatic rings. The van der Waals surface area contributed by atoms with Crippen molar-refractivity contribution in [2.75, 3.05) is 25.5 Å². The molecule has 98 valence electrons. The number of hydrogen-bond donors (Lipinski definition) is 3. The van der Waals surface area contributed by atoms with Crippen molar-refractivity contribution in [2.45, 2.75) is 13.3 Å². The largest absolute Gasteiger partial charge is 0.369 e. The van der Waals surface area contributed by atoms with Gasteiger partial charge in [0, 0.05) is 13.6 Å². The molecule has 0 aliphatic carbocycles. The Hall–Kier alpha value is -2.18. The number of anilines is 1. The lowest BCUT2D eigenvalue weighted by Gasteiger charge is -2.06. The quantitative estimate of drug-likeness (QED) is 0.649. The van der Waals surface area contributed by atoms with Crippen molar-refractivity contribution >= 4 is 17.6 Å². The van der Waals surface area contributed by atoms with Crippen LogP contribution in [0.5, 0.6) is 0 Å². The zero-order valence-electron chi connectivity index (χ0n) is 10.5. The smallest absolute Gasteiger partial charge is 0.272 e. The summed E-state index contributed by atoms with van der Waals surface area (Å²) in [6.07, 6.45) is 3.86. The van der Waals surface area contributed by atoms with Crippen molar-refractivity contribution in [2.24, 2.45) is 0 Å². The minimum Gasteiger partial charge on any atom is -0.369 e. The van der Waals surface area contributed by atoms with Gasteiger partial charge in [0.05, 0.1) is 18.9 Å². The molecule has 1 heterocycles. The van der Waals surface area contributed by atoms with E-state index in [1.165, 1.54) is 13.2 Å². The predicted molar refractivity (Wildman–Crippen MR) is 67.2 cm³/mol. The van der Waals surface area contributed by atoms with Crippen molar-refractivity contribution < 1.29 is 9.59 Å². The Labute approximate surface area is 105 Å². The van der Waals surface area contributed by atoms with Crippen molar-refractivity contribution in [3.63, 3.8) is 0 Å². The molecule has 0 fully saturated rings. The van der Waals surface area contributed by atoms with Gasteiger partial charge in [0.1, 0.15) is 11.5 Å². The standard InChI is InChI=1S/C11H17N5O2/c1-3-4-14-9-6-13-5-8(16-9)11(18)15-7-10(17)12-2/h5-6H,3-4,7H2,1-2H3,(H,12,17)(H,14,16)(H,15,18). The van der Waals surface area contributed by atoms with Gasteiger partial charge < -0.3 is 16.0 Å². The zero-order valence-corrected chi connectivity index (χ0v) is 10.5. The second kappa shape index (κ2) is 7.21. The second-order valence-corrected chi connectivity index (χ2v) is 3.57. The fraction of sp³-hybridized carbons (Fsp3) is 0.455. The van der Waals surface area contributed by atoms with Crippen LogP contribution in [0.15, 0.2) is 12.4 Å². The summed E-state index contributed by atoms with van der Waals surface area (Å²) in [7, 11) is 1.50. The molecule has 7 nitrogen and oxygen atoms in total. The molecule has 0 atom stereocenters. The molecule has 0 radical (unpaired) electrons. The van der Waals surface area contributed by atoms with Crippen LogP contribution >= 0.6 is 0 Å². The van der Waals surface area contributed by atoms with Gasteiger partial charge in [-0.05, 0) is 6.42 Å². The molecule has 1 rings (SSSR count). The van der Waals surface area contributed by atoms with E-state index in [0.717, 1.165) is 13.0 Å². The third-order valence-corrected chi connectivity index (χ3v) is 2.11. The molecule has 7 heteroatoms. The highest BCUT2D eigenvalue weighted by molar-refractivity contribution is 5.94. The molecule has 0 bridgehead atoms. The van der Waals surface area contributed by atoms with Crippen LogP contribution in [-0.4, -0.2) is 41.9 Å². The lowest BCUT2D eigenvalue weighted by molar-refractivity contribution is -0.119. The van der Waals surface area contributed by atoms with Gasteiger partial charge in [0.25, 0.3) is 5.91 Å². The highest BCUT2D eigenvalue weighted by Crippen LogP contribution is 2.01. The summed E-state index contributed by atoms with van der Waals surface area (Å²) in [4.78, 5) is 30.7. The number of carbonyl (C=O) groups excluding carboxylic acids is 2. The number of likely N-dealkylation sites (N-methyl/N-ethyl adjacent to an activating group) is 1. The summed E-state index contributed by atoms with van der Waals surface area (Å²) in [6, 6.07) is 0. The Morgan fingerprint density at radius 2 is 2.11 bits per heavy atom. The average molecular weight is 251 g/mol. The Morgan fingerprint density at radius 1 is 1.33 bits per heavy atom. The van der Waals surface area contributed by atoms with Crippen molar-refractivity contribution in [1.29, 1.82) is 0 Å². The third kappa shape index (κ3) is 4.36. The summed E-state index contributed by atoms with van der Waals surface area (Å²) in [6.45, 7) is 2.71. The van der Waals surface area contributed by atoms with Crippen LogP contribution in [0.3, 0.4) is 0 Å². The minimum absolute atomic E-state index is 0.0797. The molecule has 3 N–H and O–H groups in total. The summed E-state index contributed by atoms with van der Waals surface area (Å²) in [5.74, 6) is -0.146. The summed E-state index contributed by atoms with van der Waals surface area (Å²) in [5.41, 5.74) is 0.181. The van der Waals surface area contributed by atoms with E-state index in [1.807, 2.05) is 6.92 Å². The number of nitrogens with zero attached hydrogens (tertiary/aromatic N) is 2. The van der Waals surface area contributed by atoms with Gasteiger partial charge in [-0.1, -0.05) is 6.92 Å². The first-order valence-corrected chi connectivity index (χ1v) is 5.72. The normalized spacial score (nSPS) is 9.67. The predicted octanol–water partition coefficient (Wildman–Crippen LogP) is -0.226. The van der Waals surface area contributed by atoms with Gasteiger partial charge in [0.15, 0.2) is 0 Å². The fourth-order valence-corrected chi connectivity index (χ4v) is 1.15. The number of carbonyl (C=O) groups is 2. The molecule has 0 spiro atoms. The van der Waals surface area contributed by atoms with E-state index in [-0.39, 0.29) is 18.1 Å². The molecule has 0 saturated carbocycles. The van der Waals surface area contributed by atoms with Crippen molar-refractivity contribution in [3.05, 3.63) is 18.1 Å². The topological polar surface area (TPSA) is 96.0 Å².